The van der Waals surface area contributed by atoms with E-state index in [9.17, 15) is 9.59 Å². The minimum Gasteiger partial charge on any atom is -0.493 e. The number of carbonyl (C=O) groups is 2. The van der Waals surface area contributed by atoms with E-state index in [2.05, 4.69) is 0 Å². The highest BCUT2D eigenvalue weighted by atomic mass is 32.1. The molecule has 21 heavy (non-hydrogen) atoms. The van der Waals surface area contributed by atoms with Crippen molar-refractivity contribution in [2.75, 3.05) is 13.7 Å². The third-order valence-electron chi connectivity index (χ3n) is 2.60. The second-order valence-electron chi connectivity index (χ2n) is 3.95. The molecule has 6 heteroatoms. The highest BCUT2D eigenvalue weighted by Crippen LogP contribution is 2.29. The lowest BCUT2D eigenvalue weighted by Crippen LogP contribution is -2.09. The summed E-state index contributed by atoms with van der Waals surface area (Å²) in [6.45, 7) is 2.02. The zero-order valence-corrected chi connectivity index (χ0v) is 12.4. The van der Waals surface area contributed by atoms with Gasteiger partial charge in [-0.2, -0.15) is 0 Å². The monoisotopic (exact) mass is 306 g/mol. The molecule has 0 spiro atoms. The Bertz CT molecular complexity index is 634. The van der Waals surface area contributed by atoms with E-state index in [4.69, 9.17) is 14.2 Å². The fourth-order valence-electron chi connectivity index (χ4n) is 1.64. The second kappa shape index (κ2) is 6.90. The van der Waals surface area contributed by atoms with Crippen molar-refractivity contribution in [1.29, 1.82) is 0 Å². The number of benzene rings is 1. The van der Waals surface area contributed by atoms with Gasteiger partial charge in [-0.15, -0.1) is 11.3 Å². The number of esters is 2. The molecule has 1 aromatic carbocycles. The molecule has 1 aromatic heterocycles. The van der Waals surface area contributed by atoms with Crippen LogP contribution in [0.1, 0.15) is 27.0 Å². The zero-order valence-electron chi connectivity index (χ0n) is 11.6. The van der Waals surface area contributed by atoms with Crippen LogP contribution in [0.5, 0.6) is 11.5 Å². The Labute approximate surface area is 126 Å². The van der Waals surface area contributed by atoms with E-state index in [1.807, 2.05) is 0 Å². The Morgan fingerprint density at radius 1 is 1.14 bits per heavy atom. The molecular weight excluding hydrogens is 292 g/mol. The smallest absolute Gasteiger partial charge is 0.353 e. The maximum atomic E-state index is 11.9. The lowest BCUT2D eigenvalue weighted by molar-refractivity contribution is 0.0526. The Morgan fingerprint density at radius 2 is 1.95 bits per heavy atom. The predicted molar refractivity (Wildman–Crippen MR) is 78.2 cm³/mol. The molecule has 0 N–H and O–H groups in total. The van der Waals surface area contributed by atoms with Crippen LogP contribution in [0.3, 0.4) is 0 Å². The molecule has 0 fully saturated rings. The second-order valence-corrected chi connectivity index (χ2v) is 4.90. The molecule has 0 atom stereocenters. The Morgan fingerprint density at radius 3 is 2.57 bits per heavy atom. The summed E-state index contributed by atoms with van der Waals surface area (Å²) < 4.78 is 15.3. The van der Waals surface area contributed by atoms with Crippen LogP contribution < -0.4 is 9.47 Å². The van der Waals surface area contributed by atoms with Crippen molar-refractivity contribution in [3.63, 3.8) is 0 Å². The van der Waals surface area contributed by atoms with Crippen molar-refractivity contribution in [2.45, 2.75) is 6.92 Å². The van der Waals surface area contributed by atoms with E-state index in [1.165, 1.54) is 36.6 Å². The van der Waals surface area contributed by atoms with E-state index >= 15 is 0 Å². The molecule has 2 aromatic rings. The minimum atomic E-state index is -0.466. The number of ether oxygens (including phenoxy) is 3. The molecule has 0 saturated heterocycles. The Balaban J connectivity index is 2.20. The minimum absolute atomic E-state index is 0.254. The molecule has 0 saturated carbocycles. The molecule has 0 aliphatic rings. The van der Waals surface area contributed by atoms with Gasteiger partial charge in [0.15, 0.2) is 11.5 Å². The highest BCUT2D eigenvalue weighted by molar-refractivity contribution is 7.12. The van der Waals surface area contributed by atoms with Crippen molar-refractivity contribution < 1.29 is 23.8 Å². The average Bonchev–Trinajstić information content (AvgIpc) is 3.02. The third-order valence-corrected chi connectivity index (χ3v) is 3.45. The first-order valence-corrected chi connectivity index (χ1v) is 7.14. The van der Waals surface area contributed by atoms with Crippen LogP contribution in [0, 0.1) is 0 Å². The van der Waals surface area contributed by atoms with Crippen molar-refractivity contribution in [2.24, 2.45) is 0 Å². The first kappa shape index (κ1) is 15.1. The molecule has 1 heterocycles. The summed E-state index contributed by atoms with van der Waals surface area (Å²) in [5.41, 5.74) is 0.338. The first-order chi connectivity index (χ1) is 10.2. The number of hydrogen-bond acceptors (Lipinski definition) is 6. The zero-order chi connectivity index (χ0) is 15.2. The number of hydrogen-bond donors (Lipinski definition) is 0. The summed E-state index contributed by atoms with van der Waals surface area (Å²) in [4.78, 5) is 24.0. The van der Waals surface area contributed by atoms with Crippen LogP contribution >= 0.6 is 11.3 Å². The van der Waals surface area contributed by atoms with Gasteiger partial charge in [-0.05, 0) is 36.6 Å². The summed E-state index contributed by atoms with van der Waals surface area (Å²) in [7, 11) is 1.44. The molecule has 0 radical (unpaired) electrons. The number of thiophene rings is 1. The molecule has 0 bridgehead atoms. The van der Waals surface area contributed by atoms with E-state index in [0.717, 1.165) is 0 Å². The van der Waals surface area contributed by atoms with Crippen LogP contribution in [0.2, 0.25) is 0 Å². The standard InChI is InChI=1S/C15H14O5S/c1-3-19-14(16)10-6-7-11(12(9-10)18-2)20-15(17)13-5-4-8-21-13/h4-9H,3H2,1-2H3. The van der Waals surface area contributed by atoms with Crippen LogP contribution in [0.25, 0.3) is 0 Å². The normalized spacial score (nSPS) is 10.0. The van der Waals surface area contributed by atoms with Crippen molar-refractivity contribution in [3.05, 3.63) is 46.2 Å². The lowest BCUT2D eigenvalue weighted by Gasteiger charge is -2.10. The van der Waals surface area contributed by atoms with Crippen LogP contribution in [-0.4, -0.2) is 25.7 Å². The average molecular weight is 306 g/mol. The van der Waals surface area contributed by atoms with E-state index in [-0.39, 0.29) is 12.4 Å². The van der Waals surface area contributed by atoms with Gasteiger partial charge in [-0.25, -0.2) is 9.59 Å². The summed E-state index contributed by atoms with van der Waals surface area (Å²) in [5.74, 6) is -0.367. The van der Waals surface area contributed by atoms with Gasteiger partial charge in [0.05, 0.1) is 19.3 Å². The summed E-state index contributed by atoms with van der Waals surface area (Å²) in [6.07, 6.45) is 0. The van der Waals surface area contributed by atoms with Gasteiger partial charge < -0.3 is 14.2 Å². The molecule has 5 nitrogen and oxygen atoms in total. The van der Waals surface area contributed by atoms with Crippen molar-refractivity contribution in [1.82, 2.24) is 0 Å². The fraction of sp³-hybridized carbons (Fsp3) is 0.200. The summed E-state index contributed by atoms with van der Waals surface area (Å²) >= 11 is 1.29. The highest BCUT2D eigenvalue weighted by Gasteiger charge is 2.16. The van der Waals surface area contributed by atoms with E-state index < -0.39 is 11.9 Å². The van der Waals surface area contributed by atoms with Crippen LogP contribution in [-0.2, 0) is 4.74 Å². The lowest BCUT2D eigenvalue weighted by atomic mass is 10.2. The van der Waals surface area contributed by atoms with Gasteiger partial charge >= 0.3 is 11.9 Å². The third kappa shape index (κ3) is 3.61. The van der Waals surface area contributed by atoms with Gasteiger partial charge in [0.1, 0.15) is 4.88 Å². The van der Waals surface area contributed by atoms with Gasteiger partial charge in [0.2, 0.25) is 0 Å². The molecule has 2 rings (SSSR count). The molecule has 110 valence electrons. The topological polar surface area (TPSA) is 61.8 Å². The first-order valence-electron chi connectivity index (χ1n) is 6.26. The quantitative estimate of drug-likeness (QED) is 0.627. The van der Waals surface area contributed by atoms with E-state index in [0.29, 0.717) is 16.2 Å². The molecule has 0 aliphatic heterocycles. The van der Waals surface area contributed by atoms with Crippen LogP contribution in [0.15, 0.2) is 35.7 Å². The van der Waals surface area contributed by atoms with Crippen LogP contribution in [0.4, 0.5) is 0 Å². The molecule has 0 amide bonds. The molecule has 0 aliphatic carbocycles. The fourth-order valence-corrected chi connectivity index (χ4v) is 2.24. The number of rotatable bonds is 5. The Hall–Kier alpha value is -2.34. The van der Waals surface area contributed by atoms with Crippen molar-refractivity contribution in [3.8, 4) is 11.5 Å². The van der Waals surface area contributed by atoms with Gasteiger partial charge in [0, 0.05) is 0 Å². The Kier molecular flexibility index (Phi) is 4.94. The number of carbonyl (C=O) groups excluding carboxylic acids is 2. The van der Waals surface area contributed by atoms with E-state index in [1.54, 1.807) is 24.4 Å². The summed E-state index contributed by atoms with van der Waals surface area (Å²) in [5, 5.41) is 1.79. The molecular formula is C15H14O5S. The van der Waals surface area contributed by atoms with Gasteiger partial charge in [-0.1, -0.05) is 6.07 Å². The SMILES string of the molecule is CCOC(=O)c1ccc(OC(=O)c2cccs2)c(OC)c1. The maximum absolute atomic E-state index is 11.9. The summed E-state index contributed by atoms with van der Waals surface area (Å²) in [6, 6.07) is 7.96. The largest absolute Gasteiger partial charge is 0.493 e. The number of methoxy groups -OCH3 is 1. The van der Waals surface area contributed by atoms with Gasteiger partial charge in [0.25, 0.3) is 0 Å². The van der Waals surface area contributed by atoms with Crippen molar-refractivity contribution >= 4 is 23.3 Å². The predicted octanol–water partition coefficient (Wildman–Crippen LogP) is 3.15. The maximum Gasteiger partial charge on any atom is 0.353 e. The molecule has 0 unspecified atom stereocenters. The van der Waals surface area contributed by atoms with Gasteiger partial charge in [-0.3, -0.25) is 0 Å².